The first-order valence-electron chi connectivity index (χ1n) is 10.3. The van der Waals surface area contributed by atoms with Crippen molar-refractivity contribution in [1.82, 2.24) is 4.98 Å². The molecule has 33 heavy (non-hydrogen) atoms. The molecule has 0 spiro atoms. The number of para-hydroxylation sites is 1. The average Bonchev–Trinajstić information content (AvgIpc) is 3.34. The zero-order valence-electron chi connectivity index (χ0n) is 17.5. The summed E-state index contributed by atoms with van der Waals surface area (Å²) in [5.74, 6) is -1.77. The van der Waals surface area contributed by atoms with Crippen LogP contribution in [-0.4, -0.2) is 21.8 Å². The zero-order chi connectivity index (χ0) is 23.3. The molecule has 3 aromatic carbocycles. The molecule has 0 aliphatic carbocycles. The molecule has 1 unspecified atom stereocenters. The predicted octanol–water partition coefficient (Wildman–Crippen LogP) is 6.41. The number of hydrogen-bond donors (Lipinski definition) is 2. The molecular weight excluding hydrogens is 459 g/mol. The van der Waals surface area contributed by atoms with Crippen molar-refractivity contribution in [1.29, 1.82) is 0 Å². The number of nitrogens with one attached hydrogen (secondary N) is 1. The van der Waals surface area contributed by atoms with Gasteiger partial charge < -0.3 is 10.1 Å². The van der Waals surface area contributed by atoms with Crippen LogP contribution in [-0.2, 0) is 9.59 Å². The Morgan fingerprint density at radius 3 is 2.45 bits per heavy atom. The molecule has 7 heteroatoms. The largest absolute Gasteiger partial charge is 0.507 e. The standard InChI is InChI=1S/C26H18Cl2N2O3/c1-14-6-11-17(12-20(14)28)30-23(19-13-29-21-5-3-2-4-18(19)21)22(25(32)26(30)33)24(31)15-7-9-16(27)10-8-15/h2-13,23,29,31H,1H3/b24-22+. The molecule has 1 saturated heterocycles. The second kappa shape index (κ2) is 8.10. The van der Waals surface area contributed by atoms with Crippen LogP contribution in [0.2, 0.25) is 10.0 Å². The summed E-state index contributed by atoms with van der Waals surface area (Å²) in [5.41, 5.74) is 3.26. The van der Waals surface area contributed by atoms with Gasteiger partial charge in [-0.15, -0.1) is 0 Å². The number of nitrogens with zero attached hydrogens (tertiary/aromatic N) is 1. The van der Waals surface area contributed by atoms with Gasteiger partial charge in [0.2, 0.25) is 0 Å². The number of H-pyrrole nitrogens is 1. The minimum Gasteiger partial charge on any atom is -0.507 e. The number of benzene rings is 3. The van der Waals surface area contributed by atoms with Crippen LogP contribution in [0, 0.1) is 6.92 Å². The first-order chi connectivity index (χ1) is 15.9. The quantitative estimate of drug-likeness (QED) is 0.204. The summed E-state index contributed by atoms with van der Waals surface area (Å²) < 4.78 is 0. The lowest BCUT2D eigenvalue weighted by molar-refractivity contribution is -0.132. The summed E-state index contributed by atoms with van der Waals surface area (Å²) in [6.45, 7) is 1.86. The van der Waals surface area contributed by atoms with Crippen LogP contribution in [0.3, 0.4) is 0 Å². The van der Waals surface area contributed by atoms with E-state index >= 15 is 0 Å². The molecule has 2 N–H and O–H groups in total. The molecule has 1 amide bonds. The molecule has 164 valence electrons. The second-order valence-electron chi connectivity index (χ2n) is 7.90. The van der Waals surface area contributed by atoms with Crippen LogP contribution >= 0.6 is 23.2 Å². The SMILES string of the molecule is Cc1ccc(N2C(=O)C(=O)/C(=C(/O)c3ccc(Cl)cc3)C2c2c[nH]c3ccccc23)cc1Cl. The van der Waals surface area contributed by atoms with Gasteiger partial charge in [0.15, 0.2) is 0 Å². The fourth-order valence-electron chi connectivity index (χ4n) is 4.21. The number of fused-ring (bicyclic) bond motifs is 1. The summed E-state index contributed by atoms with van der Waals surface area (Å²) in [6.07, 6.45) is 1.76. The molecule has 0 saturated carbocycles. The summed E-state index contributed by atoms with van der Waals surface area (Å²) in [6, 6.07) is 18.4. The van der Waals surface area contributed by atoms with E-state index in [9.17, 15) is 14.7 Å². The number of hydrogen-bond acceptors (Lipinski definition) is 3. The Morgan fingerprint density at radius 1 is 1.00 bits per heavy atom. The third-order valence-corrected chi connectivity index (χ3v) is 6.57. The molecule has 5 rings (SSSR count). The van der Waals surface area contributed by atoms with Crippen molar-refractivity contribution in [3.05, 3.63) is 105 Å². The Balaban J connectivity index is 1.78. The van der Waals surface area contributed by atoms with Crippen molar-refractivity contribution in [3.8, 4) is 0 Å². The molecule has 1 aliphatic heterocycles. The van der Waals surface area contributed by atoms with Crippen molar-refractivity contribution in [2.24, 2.45) is 0 Å². The van der Waals surface area contributed by atoms with E-state index in [-0.39, 0.29) is 11.3 Å². The Labute approximate surface area is 199 Å². The van der Waals surface area contributed by atoms with E-state index in [0.717, 1.165) is 16.5 Å². The van der Waals surface area contributed by atoms with Gasteiger partial charge in [-0.25, -0.2) is 0 Å². The number of aliphatic hydroxyl groups is 1. The Morgan fingerprint density at radius 2 is 1.73 bits per heavy atom. The van der Waals surface area contributed by atoms with Crippen molar-refractivity contribution in [3.63, 3.8) is 0 Å². The summed E-state index contributed by atoms with van der Waals surface area (Å²) >= 11 is 12.3. The summed E-state index contributed by atoms with van der Waals surface area (Å²) in [4.78, 5) is 31.2. The van der Waals surface area contributed by atoms with E-state index in [1.165, 1.54) is 4.90 Å². The van der Waals surface area contributed by atoms with E-state index in [0.29, 0.717) is 26.9 Å². The van der Waals surface area contributed by atoms with Gasteiger partial charge in [-0.2, -0.15) is 0 Å². The number of carbonyl (C=O) groups excluding carboxylic acids is 2. The molecule has 4 aromatic rings. The number of rotatable bonds is 3. The number of ketones is 1. The average molecular weight is 477 g/mol. The number of aromatic amines is 1. The highest BCUT2D eigenvalue weighted by molar-refractivity contribution is 6.52. The van der Waals surface area contributed by atoms with Crippen molar-refractivity contribution >= 4 is 57.2 Å². The van der Waals surface area contributed by atoms with Crippen LogP contribution < -0.4 is 4.90 Å². The van der Waals surface area contributed by atoms with Gasteiger partial charge in [0.05, 0.1) is 11.6 Å². The molecule has 1 aliphatic rings. The fraction of sp³-hybridized carbons (Fsp3) is 0.0769. The minimum absolute atomic E-state index is 0.00349. The topological polar surface area (TPSA) is 73.4 Å². The highest BCUT2D eigenvalue weighted by atomic mass is 35.5. The molecule has 5 nitrogen and oxygen atoms in total. The van der Waals surface area contributed by atoms with Crippen LogP contribution in [0.25, 0.3) is 16.7 Å². The predicted molar refractivity (Wildman–Crippen MR) is 131 cm³/mol. The normalized spacial score (nSPS) is 17.8. The Hall–Kier alpha value is -3.54. The van der Waals surface area contributed by atoms with Crippen molar-refractivity contribution in [2.45, 2.75) is 13.0 Å². The number of amides is 1. The molecule has 2 heterocycles. The molecule has 0 bridgehead atoms. The third-order valence-electron chi connectivity index (χ3n) is 5.91. The highest BCUT2D eigenvalue weighted by Gasteiger charge is 2.47. The number of carbonyl (C=O) groups is 2. The molecular formula is C26H18Cl2N2O3. The highest BCUT2D eigenvalue weighted by Crippen LogP contribution is 2.44. The lowest BCUT2D eigenvalue weighted by Crippen LogP contribution is -2.29. The Kier molecular flexibility index (Phi) is 5.23. The van der Waals surface area contributed by atoms with E-state index in [1.54, 1.807) is 48.7 Å². The number of halogens is 2. The minimum atomic E-state index is -0.851. The maximum atomic E-state index is 13.3. The molecule has 1 fully saturated rings. The third kappa shape index (κ3) is 3.50. The first-order valence-corrected chi connectivity index (χ1v) is 11.0. The van der Waals surface area contributed by atoms with Gasteiger partial charge in [0, 0.05) is 44.0 Å². The van der Waals surface area contributed by atoms with Crippen LogP contribution in [0.5, 0.6) is 0 Å². The van der Waals surface area contributed by atoms with Gasteiger partial charge in [-0.1, -0.05) is 47.5 Å². The van der Waals surface area contributed by atoms with Gasteiger partial charge in [0.1, 0.15) is 5.76 Å². The number of Topliss-reactive ketones (excluding diaryl/α,β-unsaturated/α-hetero) is 1. The van der Waals surface area contributed by atoms with Crippen molar-refractivity contribution in [2.75, 3.05) is 4.90 Å². The van der Waals surface area contributed by atoms with Gasteiger partial charge in [0.25, 0.3) is 11.7 Å². The van der Waals surface area contributed by atoms with E-state index < -0.39 is 17.7 Å². The maximum absolute atomic E-state index is 13.3. The van der Waals surface area contributed by atoms with Crippen LogP contribution in [0.4, 0.5) is 5.69 Å². The molecule has 0 radical (unpaired) electrons. The molecule has 1 atom stereocenters. The van der Waals surface area contributed by atoms with Gasteiger partial charge in [-0.3, -0.25) is 14.5 Å². The summed E-state index contributed by atoms with van der Waals surface area (Å²) in [5, 5.41) is 13.0. The number of aliphatic hydroxyl groups excluding tert-OH is 1. The second-order valence-corrected chi connectivity index (χ2v) is 8.74. The van der Waals surface area contributed by atoms with E-state index in [4.69, 9.17) is 23.2 Å². The number of anilines is 1. The number of aryl methyl sites for hydroxylation is 1. The lowest BCUT2D eigenvalue weighted by atomic mass is 9.94. The Bertz CT molecular complexity index is 1450. The van der Waals surface area contributed by atoms with Crippen molar-refractivity contribution < 1.29 is 14.7 Å². The number of aromatic nitrogens is 1. The van der Waals surface area contributed by atoms with Gasteiger partial charge >= 0.3 is 0 Å². The van der Waals surface area contributed by atoms with Gasteiger partial charge in [-0.05, 0) is 55.0 Å². The van der Waals surface area contributed by atoms with Crippen LogP contribution in [0.1, 0.15) is 22.7 Å². The van der Waals surface area contributed by atoms with E-state index in [2.05, 4.69) is 4.98 Å². The van der Waals surface area contributed by atoms with E-state index in [1.807, 2.05) is 31.2 Å². The monoisotopic (exact) mass is 476 g/mol. The zero-order valence-corrected chi connectivity index (χ0v) is 19.0. The fourth-order valence-corrected chi connectivity index (χ4v) is 4.51. The smallest absolute Gasteiger partial charge is 0.300 e. The van der Waals surface area contributed by atoms with Crippen LogP contribution in [0.15, 0.2) is 78.5 Å². The maximum Gasteiger partial charge on any atom is 0.300 e. The molecule has 1 aromatic heterocycles. The summed E-state index contributed by atoms with van der Waals surface area (Å²) in [7, 11) is 0. The lowest BCUT2D eigenvalue weighted by Gasteiger charge is -2.25. The first kappa shape index (κ1) is 21.3.